The first-order valence-corrected chi connectivity index (χ1v) is 10.8. The number of rotatable bonds is 12. The van der Waals surface area contributed by atoms with Gasteiger partial charge in [-0.2, -0.15) is 6.07 Å². The van der Waals surface area contributed by atoms with E-state index in [1.807, 2.05) is 0 Å². The van der Waals surface area contributed by atoms with Crippen molar-refractivity contribution in [2.75, 3.05) is 6.61 Å². The van der Waals surface area contributed by atoms with Crippen molar-refractivity contribution in [3.8, 4) is 0 Å². The second-order valence-corrected chi connectivity index (χ2v) is 7.36. The van der Waals surface area contributed by atoms with Gasteiger partial charge in [-0.1, -0.05) is 64.9 Å². The third-order valence-electron chi connectivity index (χ3n) is 3.99. The number of hydrogen-bond donors (Lipinski definition) is 1. The normalized spacial score (nSPS) is 11.7. The Morgan fingerprint density at radius 2 is 1.68 bits per heavy atom. The molecule has 1 aromatic rings. The van der Waals surface area contributed by atoms with Crippen molar-refractivity contribution in [3.63, 3.8) is 0 Å². The zero-order valence-corrected chi connectivity index (χ0v) is 20.1. The topological polar surface area (TPSA) is 117 Å². The Morgan fingerprint density at radius 3 is 2.18 bits per heavy atom. The van der Waals surface area contributed by atoms with E-state index in [1.54, 1.807) is 12.1 Å². The number of carbonyl (C=O) groups excluding carboxylic acids is 1. The molecule has 0 bridgehead atoms. The fourth-order valence-corrected chi connectivity index (χ4v) is 2.59. The smallest absolute Gasteiger partial charge is 0.726 e. The minimum Gasteiger partial charge on any atom is -0.726 e. The van der Waals surface area contributed by atoms with Crippen LogP contribution in [0.2, 0.25) is 0 Å². The fraction of sp³-hybridized carbons (Fsp3) is 0.684. The molecular formula is C19H32NaO7S-. The number of hydrogen-bond acceptors (Lipinski definition) is 6. The van der Waals surface area contributed by atoms with E-state index in [2.05, 4.69) is 20.8 Å². The second-order valence-electron chi connectivity index (χ2n) is 6.50. The van der Waals surface area contributed by atoms with Gasteiger partial charge >= 0.3 is 35.5 Å². The number of ether oxygens (including phenoxy) is 1. The first-order chi connectivity index (χ1) is 12.7. The molecule has 0 aromatic carbocycles. The van der Waals surface area contributed by atoms with Crippen LogP contribution in [0.1, 0.15) is 87.9 Å². The van der Waals surface area contributed by atoms with Gasteiger partial charge in [-0.3, -0.25) is 4.55 Å². The summed E-state index contributed by atoms with van der Waals surface area (Å²) >= 11 is 0. The zero-order valence-electron chi connectivity index (χ0n) is 17.3. The molecule has 0 aliphatic heterocycles. The van der Waals surface area contributed by atoms with Crippen molar-refractivity contribution in [2.45, 2.75) is 71.6 Å². The van der Waals surface area contributed by atoms with Crippen LogP contribution in [0.15, 0.2) is 16.5 Å². The van der Waals surface area contributed by atoms with Crippen LogP contribution in [-0.4, -0.2) is 30.1 Å². The standard InChI is InChI=1S/C19H31O3.Na.H2O4S/c1-4-6-8-9-10-12-17(11-7-5-2)15-21-19(20)18-14-13-16(3)22-18;;1-5(2,3)4/h13-14,17H,3-12,15H2,1-2H3;;(H2,1,2,3,4)/q-1;+1;/p-1. The number of esters is 1. The molecule has 0 saturated heterocycles. The maximum atomic E-state index is 11.9. The third-order valence-corrected chi connectivity index (χ3v) is 3.99. The van der Waals surface area contributed by atoms with Crippen LogP contribution < -0.4 is 29.6 Å². The fourth-order valence-electron chi connectivity index (χ4n) is 2.59. The van der Waals surface area contributed by atoms with Crippen molar-refractivity contribution in [1.29, 1.82) is 0 Å². The monoisotopic (exact) mass is 427 g/mol. The van der Waals surface area contributed by atoms with Crippen molar-refractivity contribution < 1.29 is 61.0 Å². The van der Waals surface area contributed by atoms with Gasteiger partial charge in [0.25, 0.3) is 0 Å². The number of carbonyl (C=O) groups is 1. The van der Waals surface area contributed by atoms with E-state index in [0.717, 1.165) is 12.8 Å². The van der Waals surface area contributed by atoms with Crippen LogP contribution in [0.4, 0.5) is 0 Å². The van der Waals surface area contributed by atoms with E-state index in [-0.39, 0.29) is 41.3 Å². The largest absolute Gasteiger partial charge is 1.00 e. The van der Waals surface area contributed by atoms with Gasteiger partial charge < -0.3 is 13.7 Å². The average molecular weight is 428 g/mol. The summed E-state index contributed by atoms with van der Waals surface area (Å²) in [7, 11) is -4.92. The van der Waals surface area contributed by atoms with Gasteiger partial charge in [0.05, 0.1) is 6.61 Å². The Balaban J connectivity index is 0. The molecule has 9 heteroatoms. The molecule has 1 rings (SSSR count). The minimum absolute atomic E-state index is 0. The van der Waals surface area contributed by atoms with Gasteiger partial charge in [0, 0.05) is 0 Å². The maximum absolute atomic E-state index is 11.9. The Kier molecular flexibility index (Phi) is 18.4. The van der Waals surface area contributed by atoms with E-state index >= 15 is 0 Å². The molecule has 158 valence electrons. The Bertz CT molecular complexity index is 606. The number of unbranched alkanes of at least 4 members (excludes halogenated alkanes) is 5. The quantitative estimate of drug-likeness (QED) is 0.135. The van der Waals surface area contributed by atoms with Crippen molar-refractivity contribution in [3.05, 3.63) is 30.6 Å². The summed E-state index contributed by atoms with van der Waals surface area (Å²) in [6.45, 7) is 8.58. The van der Waals surface area contributed by atoms with Crippen LogP contribution >= 0.6 is 0 Å². The molecule has 0 aliphatic rings. The zero-order chi connectivity index (χ0) is 20.7. The summed E-state index contributed by atoms with van der Waals surface area (Å²) in [4.78, 5) is 11.9. The molecular weight excluding hydrogens is 395 g/mol. The molecule has 28 heavy (non-hydrogen) atoms. The molecule has 0 radical (unpaired) electrons. The molecule has 0 amide bonds. The van der Waals surface area contributed by atoms with Gasteiger partial charge in [0.15, 0.2) is 5.76 Å². The summed E-state index contributed by atoms with van der Waals surface area (Å²) in [6.07, 6.45) is 11.1. The van der Waals surface area contributed by atoms with E-state index in [9.17, 15) is 4.79 Å². The maximum Gasteiger partial charge on any atom is 1.00 e. The first-order valence-electron chi connectivity index (χ1n) is 9.44. The van der Waals surface area contributed by atoms with Gasteiger partial charge in [-0.15, -0.1) is 0 Å². The Morgan fingerprint density at radius 1 is 1.14 bits per heavy atom. The van der Waals surface area contributed by atoms with Gasteiger partial charge in [-0.25, -0.2) is 20.1 Å². The summed E-state index contributed by atoms with van der Waals surface area (Å²) in [5, 5.41) is 0. The van der Waals surface area contributed by atoms with Crippen molar-refractivity contribution >= 4 is 16.4 Å². The minimum atomic E-state index is -4.92. The van der Waals surface area contributed by atoms with Crippen molar-refractivity contribution in [1.82, 2.24) is 0 Å². The Hall–Kier alpha value is -0.510. The molecule has 1 aromatic heterocycles. The van der Waals surface area contributed by atoms with Gasteiger partial charge in [0.1, 0.15) is 0 Å². The second kappa shape index (κ2) is 17.4. The molecule has 1 heterocycles. The Labute approximate surface area is 191 Å². The van der Waals surface area contributed by atoms with E-state index in [1.165, 1.54) is 44.9 Å². The van der Waals surface area contributed by atoms with Crippen LogP contribution in [0.5, 0.6) is 0 Å². The van der Waals surface area contributed by atoms with E-state index in [4.69, 9.17) is 26.7 Å². The van der Waals surface area contributed by atoms with E-state index < -0.39 is 10.4 Å². The predicted octanol–water partition coefficient (Wildman–Crippen LogP) is 1.79. The predicted molar refractivity (Wildman–Crippen MR) is 102 cm³/mol. The molecule has 1 N–H and O–H groups in total. The summed E-state index contributed by atoms with van der Waals surface area (Å²) in [5.41, 5.74) is 0. The first kappa shape index (κ1) is 29.7. The molecule has 1 unspecified atom stereocenters. The molecule has 1 atom stereocenters. The van der Waals surface area contributed by atoms with Crippen molar-refractivity contribution in [2.24, 2.45) is 5.92 Å². The van der Waals surface area contributed by atoms with Crippen LogP contribution in [-0.2, 0) is 15.1 Å². The SMILES string of the molecule is O=S(=O)([O-])O.[CH2-]c1ccc(C(=O)OCC(CCCC)CCCCCCC)o1.[Na+]. The van der Waals surface area contributed by atoms with Gasteiger partial charge in [-0.05, 0) is 24.5 Å². The van der Waals surface area contributed by atoms with Crippen LogP contribution in [0, 0.1) is 12.8 Å². The summed E-state index contributed by atoms with van der Waals surface area (Å²) in [5.74, 6) is 0.842. The van der Waals surface area contributed by atoms with Gasteiger partial charge in [0.2, 0.25) is 10.4 Å². The summed E-state index contributed by atoms with van der Waals surface area (Å²) in [6, 6.07) is 3.30. The average Bonchev–Trinajstić information content (AvgIpc) is 3.01. The summed E-state index contributed by atoms with van der Waals surface area (Å²) < 4.78 is 43.5. The number of furan rings is 1. The third kappa shape index (κ3) is 18.8. The molecule has 0 fully saturated rings. The van der Waals surface area contributed by atoms with Crippen LogP contribution in [0.25, 0.3) is 0 Å². The molecule has 7 nitrogen and oxygen atoms in total. The molecule has 0 aliphatic carbocycles. The van der Waals surface area contributed by atoms with E-state index in [0.29, 0.717) is 18.3 Å². The molecule has 0 spiro atoms. The molecule has 0 saturated carbocycles. The van der Waals surface area contributed by atoms with Crippen LogP contribution in [0.3, 0.4) is 0 Å².